The van der Waals surface area contributed by atoms with Gasteiger partial charge in [0.15, 0.2) is 0 Å². The molecule has 0 bridgehead atoms. The standard InChI is InChI=1S/C23H21N5O2/c1-3-20(29)27-18-8-4-6-16-15(18)10-9-14(2)21(16)30-22-17(7-5-12-25-22)19-11-13-26-23(24)28-19/h4-13H,3H2,1-2H3,(H,27,29)(H2,24,26,28). The Bertz CT molecular complexity index is 1240. The summed E-state index contributed by atoms with van der Waals surface area (Å²) in [6.07, 6.45) is 3.67. The second kappa shape index (κ2) is 8.16. The first kappa shape index (κ1) is 19.3. The number of fused-ring (bicyclic) bond motifs is 1. The Balaban J connectivity index is 1.81. The topological polar surface area (TPSA) is 103 Å². The van der Waals surface area contributed by atoms with Crippen LogP contribution in [0.3, 0.4) is 0 Å². The Kier molecular flexibility index (Phi) is 5.26. The fourth-order valence-corrected chi connectivity index (χ4v) is 3.21. The molecule has 2 heterocycles. The molecule has 0 saturated heterocycles. The Morgan fingerprint density at radius 3 is 2.70 bits per heavy atom. The molecule has 0 unspecified atom stereocenters. The molecule has 0 radical (unpaired) electrons. The zero-order chi connectivity index (χ0) is 21.1. The van der Waals surface area contributed by atoms with E-state index >= 15 is 0 Å². The van der Waals surface area contributed by atoms with Crippen molar-refractivity contribution in [2.75, 3.05) is 11.1 Å². The number of nitrogens with zero attached hydrogens (tertiary/aromatic N) is 3. The summed E-state index contributed by atoms with van der Waals surface area (Å²) >= 11 is 0. The number of aryl methyl sites for hydroxylation is 1. The minimum atomic E-state index is -0.0427. The first-order valence-corrected chi connectivity index (χ1v) is 9.60. The molecule has 0 aliphatic heterocycles. The number of benzene rings is 2. The first-order valence-electron chi connectivity index (χ1n) is 9.60. The number of rotatable bonds is 5. The van der Waals surface area contributed by atoms with Crippen LogP contribution < -0.4 is 15.8 Å². The van der Waals surface area contributed by atoms with Crippen LogP contribution in [0, 0.1) is 6.92 Å². The van der Waals surface area contributed by atoms with Crippen molar-refractivity contribution in [2.45, 2.75) is 20.3 Å². The van der Waals surface area contributed by atoms with Crippen LogP contribution in [0.15, 0.2) is 60.9 Å². The number of nitrogens with one attached hydrogen (secondary N) is 1. The zero-order valence-corrected chi connectivity index (χ0v) is 16.7. The van der Waals surface area contributed by atoms with E-state index in [0.717, 1.165) is 22.0 Å². The predicted molar refractivity (Wildman–Crippen MR) is 117 cm³/mol. The van der Waals surface area contributed by atoms with Gasteiger partial charge in [0.25, 0.3) is 0 Å². The van der Waals surface area contributed by atoms with Gasteiger partial charge in [-0.2, -0.15) is 0 Å². The highest BCUT2D eigenvalue weighted by Gasteiger charge is 2.15. The molecular formula is C23H21N5O2. The summed E-state index contributed by atoms with van der Waals surface area (Å²) in [4.78, 5) is 24.6. The minimum absolute atomic E-state index is 0.0427. The largest absolute Gasteiger partial charge is 0.437 e. The van der Waals surface area contributed by atoms with Crippen molar-refractivity contribution < 1.29 is 9.53 Å². The Hall–Kier alpha value is -4.00. The van der Waals surface area contributed by atoms with Gasteiger partial charge in [-0.25, -0.2) is 15.0 Å². The normalized spacial score (nSPS) is 10.7. The number of hydrogen-bond donors (Lipinski definition) is 2. The molecule has 150 valence electrons. The third-order valence-electron chi connectivity index (χ3n) is 4.72. The molecule has 0 atom stereocenters. The number of ether oxygens (including phenoxy) is 1. The summed E-state index contributed by atoms with van der Waals surface area (Å²) in [6.45, 7) is 3.79. The van der Waals surface area contributed by atoms with Gasteiger partial charge in [0.1, 0.15) is 5.75 Å². The predicted octanol–water partition coefficient (Wildman–Crippen LogP) is 4.72. The minimum Gasteiger partial charge on any atom is -0.437 e. The van der Waals surface area contributed by atoms with Gasteiger partial charge in [0, 0.05) is 35.3 Å². The van der Waals surface area contributed by atoms with Gasteiger partial charge in [-0.05, 0) is 36.8 Å². The van der Waals surface area contributed by atoms with Crippen LogP contribution in [0.4, 0.5) is 11.6 Å². The number of amides is 1. The van der Waals surface area contributed by atoms with Gasteiger partial charge >= 0.3 is 0 Å². The maximum Gasteiger partial charge on any atom is 0.228 e. The fourth-order valence-electron chi connectivity index (χ4n) is 3.21. The van der Waals surface area contributed by atoms with Crippen molar-refractivity contribution in [3.63, 3.8) is 0 Å². The van der Waals surface area contributed by atoms with Gasteiger partial charge < -0.3 is 15.8 Å². The molecular weight excluding hydrogens is 378 g/mol. The lowest BCUT2D eigenvalue weighted by Crippen LogP contribution is -2.09. The summed E-state index contributed by atoms with van der Waals surface area (Å²) in [6, 6.07) is 15.1. The number of hydrogen-bond acceptors (Lipinski definition) is 6. The summed E-state index contributed by atoms with van der Waals surface area (Å²) in [5.74, 6) is 1.22. The molecule has 2 aromatic heterocycles. The molecule has 7 heteroatoms. The number of anilines is 2. The molecule has 1 amide bonds. The van der Waals surface area contributed by atoms with E-state index in [0.29, 0.717) is 29.3 Å². The van der Waals surface area contributed by atoms with Crippen LogP contribution in [0.1, 0.15) is 18.9 Å². The van der Waals surface area contributed by atoms with Crippen molar-refractivity contribution >= 4 is 28.3 Å². The van der Waals surface area contributed by atoms with Gasteiger partial charge in [0.05, 0.1) is 11.3 Å². The zero-order valence-electron chi connectivity index (χ0n) is 16.7. The molecule has 2 aromatic carbocycles. The van der Waals surface area contributed by atoms with E-state index in [1.165, 1.54) is 0 Å². The lowest BCUT2D eigenvalue weighted by atomic mass is 10.0. The molecule has 3 N–H and O–H groups in total. The monoisotopic (exact) mass is 399 g/mol. The van der Waals surface area contributed by atoms with Crippen molar-refractivity contribution in [2.24, 2.45) is 0 Å². The maximum atomic E-state index is 11.9. The molecule has 0 aliphatic carbocycles. The number of carbonyl (C=O) groups is 1. The van der Waals surface area contributed by atoms with E-state index in [1.807, 2.05) is 56.3 Å². The van der Waals surface area contributed by atoms with E-state index in [4.69, 9.17) is 10.5 Å². The molecule has 4 aromatic rings. The average molecular weight is 399 g/mol. The second-order valence-corrected chi connectivity index (χ2v) is 6.77. The van der Waals surface area contributed by atoms with E-state index < -0.39 is 0 Å². The molecule has 0 saturated carbocycles. The number of nitrogens with two attached hydrogens (primary N) is 1. The third kappa shape index (κ3) is 3.77. The Labute approximate surface area is 174 Å². The molecule has 7 nitrogen and oxygen atoms in total. The van der Waals surface area contributed by atoms with Crippen LogP contribution >= 0.6 is 0 Å². The lowest BCUT2D eigenvalue weighted by molar-refractivity contribution is -0.115. The number of nitrogen functional groups attached to an aromatic ring is 1. The van der Waals surface area contributed by atoms with Gasteiger partial charge in [0.2, 0.25) is 17.7 Å². The molecule has 0 spiro atoms. The van der Waals surface area contributed by atoms with Crippen molar-refractivity contribution in [3.05, 3.63) is 66.5 Å². The fraction of sp³-hybridized carbons (Fsp3) is 0.130. The van der Waals surface area contributed by atoms with E-state index in [9.17, 15) is 4.79 Å². The third-order valence-corrected chi connectivity index (χ3v) is 4.72. The van der Waals surface area contributed by atoms with Crippen LogP contribution in [-0.2, 0) is 4.79 Å². The Morgan fingerprint density at radius 1 is 1.03 bits per heavy atom. The summed E-state index contributed by atoms with van der Waals surface area (Å²) in [5, 5.41) is 4.72. The van der Waals surface area contributed by atoms with Crippen molar-refractivity contribution in [1.82, 2.24) is 15.0 Å². The number of aromatic nitrogens is 3. The highest BCUT2D eigenvalue weighted by molar-refractivity contribution is 6.04. The summed E-state index contributed by atoms with van der Waals surface area (Å²) in [7, 11) is 0. The van der Waals surface area contributed by atoms with E-state index in [1.54, 1.807) is 18.5 Å². The highest BCUT2D eigenvalue weighted by atomic mass is 16.5. The Morgan fingerprint density at radius 2 is 1.90 bits per heavy atom. The van der Waals surface area contributed by atoms with Crippen LogP contribution in [0.5, 0.6) is 11.6 Å². The van der Waals surface area contributed by atoms with Gasteiger partial charge in [-0.1, -0.05) is 31.2 Å². The number of carbonyl (C=O) groups excluding carboxylic acids is 1. The summed E-state index contributed by atoms with van der Waals surface area (Å²) < 4.78 is 6.31. The average Bonchev–Trinajstić information content (AvgIpc) is 2.76. The molecule has 0 fully saturated rings. The second-order valence-electron chi connectivity index (χ2n) is 6.77. The van der Waals surface area contributed by atoms with Crippen LogP contribution in [0.25, 0.3) is 22.0 Å². The molecule has 30 heavy (non-hydrogen) atoms. The van der Waals surface area contributed by atoms with Crippen molar-refractivity contribution in [1.29, 1.82) is 0 Å². The first-order chi connectivity index (χ1) is 14.6. The maximum absolute atomic E-state index is 11.9. The number of pyridine rings is 1. The van der Waals surface area contributed by atoms with Crippen LogP contribution in [-0.4, -0.2) is 20.9 Å². The quantitative estimate of drug-likeness (QED) is 0.503. The van der Waals surface area contributed by atoms with Crippen LogP contribution in [0.2, 0.25) is 0 Å². The van der Waals surface area contributed by atoms with Gasteiger partial charge in [-0.15, -0.1) is 0 Å². The smallest absolute Gasteiger partial charge is 0.228 e. The molecule has 0 aliphatic rings. The van der Waals surface area contributed by atoms with E-state index in [2.05, 4.69) is 20.3 Å². The lowest BCUT2D eigenvalue weighted by Gasteiger charge is -2.15. The van der Waals surface area contributed by atoms with Gasteiger partial charge in [-0.3, -0.25) is 4.79 Å². The SMILES string of the molecule is CCC(=O)Nc1cccc2c(Oc3ncccc3-c3ccnc(N)n3)c(C)ccc12. The highest BCUT2D eigenvalue weighted by Crippen LogP contribution is 2.38. The molecule has 4 rings (SSSR count). The van der Waals surface area contributed by atoms with Crippen molar-refractivity contribution in [3.8, 4) is 22.9 Å². The van der Waals surface area contributed by atoms with E-state index in [-0.39, 0.29) is 11.9 Å². The summed E-state index contributed by atoms with van der Waals surface area (Å²) in [5.41, 5.74) is 8.77.